The van der Waals surface area contributed by atoms with Gasteiger partial charge in [0.05, 0.1) is 0 Å². The molecule has 1 saturated carbocycles. The Morgan fingerprint density at radius 3 is 1.95 bits per heavy atom. The highest BCUT2D eigenvalue weighted by molar-refractivity contribution is 5.59. The van der Waals surface area contributed by atoms with Crippen molar-refractivity contribution >= 4 is 6.29 Å². The molecule has 3 heteroatoms. The first-order valence-corrected chi connectivity index (χ1v) is 8.39. The van der Waals surface area contributed by atoms with Crippen molar-refractivity contribution in [3.8, 4) is 0 Å². The Bertz CT molecular complexity index is 305. The van der Waals surface area contributed by atoms with Gasteiger partial charge in [-0.25, -0.2) is 0 Å². The van der Waals surface area contributed by atoms with Gasteiger partial charge in [0.15, 0.2) is 0 Å². The van der Waals surface area contributed by atoms with E-state index < -0.39 is 0 Å². The molecule has 2 aliphatic rings. The van der Waals surface area contributed by atoms with E-state index in [0.29, 0.717) is 0 Å². The van der Waals surface area contributed by atoms with Gasteiger partial charge >= 0.3 is 0 Å². The smallest absolute Gasteiger partial charge is 0.127 e. The second kappa shape index (κ2) is 6.57. The van der Waals surface area contributed by atoms with Gasteiger partial charge in [0.1, 0.15) is 6.29 Å². The van der Waals surface area contributed by atoms with Gasteiger partial charge in [-0.3, -0.25) is 9.80 Å². The molecular formula is C17H32N2O. The molecule has 0 spiro atoms. The van der Waals surface area contributed by atoms with Gasteiger partial charge in [0.2, 0.25) is 0 Å². The Kier molecular flexibility index (Phi) is 5.25. The Morgan fingerprint density at radius 2 is 1.50 bits per heavy atom. The van der Waals surface area contributed by atoms with E-state index in [1.54, 1.807) is 0 Å². The quantitative estimate of drug-likeness (QED) is 0.586. The third-order valence-electron chi connectivity index (χ3n) is 5.21. The maximum Gasteiger partial charge on any atom is 0.127 e. The molecule has 2 fully saturated rings. The molecule has 0 unspecified atom stereocenters. The van der Waals surface area contributed by atoms with Crippen LogP contribution in [-0.4, -0.2) is 54.3 Å². The van der Waals surface area contributed by atoms with E-state index in [0.717, 1.165) is 45.6 Å². The summed E-state index contributed by atoms with van der Waals surface area (Å²) in [7, 11) is 0. The lowest BCUT2D eigenvalue weighted by molar-refractivity contribution is -0.118. The largest absolute Gasteiger partial charge is 0.303 e. The molecule has 1 aliphatic carbocycles. The van der Waals surface area contributed by atoms with Crippen molar-refractivity contribution in [1.29, 1.82) is 0 Å². The van der Waals surface area contributed by atoms with Gasteiger partial charge in [-0.1, -0.05) is 25.7 Å². The van der Waals surface area contributed by atoms with Crippen LogP contribution in [0.4, 0.5) is 0 Å². The molecular weight excluding hydrogens is 248 g/mol. The second-order valence-corrected chi connectivity index (χ2v) is 7.83. The topological polar surface area (TPSA) is 23.6 Å². The maximum atomic E-state index is 11.7. The van der Waals surface area contributed by atoms with Crippen LogP contribution in [0.5, 0.6) is 0 Å². The minimum atomic E-state index is -0.0413. The Labute approximate surface area is 124 Å². The summed E-state index contributed by atoms with van der Waals surface area (Å²) >= 11 is 0. The molecule has 1 heterocycles. The van der Waals surface area contributed by atoms with Crippen LogP contribution in [0.1, 0.15) is 59.3 Å². The van der Waals surface area contributed by atoms with Crippen molar-refractivity contribution in [1.82, 2.24) is 9.80 Å². The Hall–Kier alpha value is -0.410. The molecule has 0 aromatic rings. The zero-order valence-electron chi connectivity index (χ0n) is 13.7. The van der Waals surface area contributed by atoms with Gasteiger partial charge in [0.25, 0.3) is 0 Å². The monoisotopic (exact) mass is 280 g/mol. The van der Waals surface area contributed by atoms with Crippen molar-refractivity contribution in [2.24, 2.45) is 5.41 Å². The Balaban J connectivity index is 1.88. The lowest BCUT2D eigenvalue weighted by Crippen LogP contribution is -2.55. The summed E-state index contributed by atoms with van der Waals surface area (Å²) < 4.78 is 0. The minimum Gasteiger partial charge on any atom is -0.303 e. The summed E-state index contributed by atoms with van der Waals surface area (Å²) in [6.45, 7) is 12.4. The average molecular weight is 280 g/mol. The molecule has 0 aromatic carbocycles. The van der Waals surface area contributed by atoms with E-state index in [-0.39, 0.29) is 11.0 Å². The lowest BCUT2D eigenvalue weighted by atomic mass is 9.81. The number of nitrogens with zero attached hydrogens (tertiary/aromatic N) is 2. The summed E-state index contributed by atoms with van der Waals surface area (Å²) in [6, 6.07) is 0. The summed E-state index contributed by atoms with van der Waals surface area (Å²) in [5, 5.41) is 0. The normalized spacial score (nSPS) is 26.1. The fourth-order valence-corrected chi connectivity index (χ4v) is 3.77. The van der Waals surface area contributed by atoms with E-state index in [1.165, 1.54) is 32.0 Å². The summed E-state index contributed by atoms with van der Waals surface area (Å²) in [6.07, 6.45) is 8.60. The fourth-order valence-electron chi connectivity index (χ4n) is 3.77. The fraction of sp³-hybridized carbons (Fsp3) is 0.941. The van der Waals surface area contributed by atoms with Crippen LogP contribution >= 0.6 is 0 Å². The van der Waals surface area contributed by atoms with Crippen LogP contribution in [0.25, 0.3) is 0 Å². The third-order valence-corrected chi connectivity index (χ3v) is 5.21. The van der Waals surface area contributed by atoms with Gasteiger partial charge in [0, 0.05) is 43.7 Å². The summed E-state index contributed by atoms with van der Waals surface area (Å²) in [5.41, 5.74) is 0.233. The predicted molar refractivity (Wildman–Crippen MR) is 84.0 cm³/mol. The van der Waals surface area contributed by atoms with Gasteiger partial charge in [-0.15, -0.1) is 0 Å². The van der Waals surface area contributed by atoms with E-state index in [4.69, 9.17) is 0 Å². The first-order valence-electron chi connectivity index (χ1n) is 8.39. The molecule has 20 heavy (non-hydrogen) atoms. The van der Waals surface area contributed by atoms with Crippen molar-refractivity contribution in [2.45, 2.75) is 64.8 Å². The van der Waals surface area contributed by atoms with Gasteiger partial charge in [-0.2, -0.15) is 0 Å². The zero-order valence-corrected chi connectivity index (χ0v) is 13.7. The van der Waals surface area contributed by atoms with Gasteiger partial charge in [-0.05, 0) is 33.6 Å². The first-order chi connectivity index (χ1) is 9.45. The third kappa shape index (κ3) is 4.05. The minimum absolute atomic E-state index is 0.0413. The van der Waals surface area contributed by atoms with Crippen molar-refractivity contribution < 1.29 is 4.79 Å². The van der Waals surface area contributed by atoms with E-state index in [2.05, 4.69) is 30.6 Å². The molecule has 0 bridgehead atoms. The molecule has 2 rings (SSSR count). The van der Waals surface area contributed by atoms with Crippen LogP contribution < -0.4 is 0 Å². The Morgan fingerprint density at radius 1 is 0.950 bits per heavy atom. The molecule has 1 saturated heterocycles. The van der Waals surface area contributed by atoms with Crippen LogP contribution in [-0.2, 0) is 4.79 Å². The van der Waals surface area contributed by atoms with Crippen molar-refractivity contribution in [3.05, 3.63) is 0 Å². The van der Waals surface area contributed by atoms with Crippen LogP contribution in [0.3, 0.4) is 0 Å². The lowest BCUT2D eigenvalue weighted by Gasteiger charge is -2.44. The number of piperazine rings is 1. The highest BCUT2D eigenvalue weighted by Crippen LogP contribution is 2.34. The first kappa shape index (κ1) is 16.0. The van der Waals surface area contributed by atoms with Crippen LogP contribution in [0.15, 0.2) is 0 Å². The van der Waals surface area contributed by atoms with Crippen LogP contribution in [0, 0.1) is 5.41 Å². The molecule has 0 amide bonds. The van der Waals surface area contributed by atoms with Gasteiger partial charge < -0.3 is 4.79 Å². The average Bonchev–Trinajstić information content (AvgIpc) is 2.64. The van der Waals surface area contributed by atoms with E-state index >= 15 is 0 Å². The number of hydrogen-bond donors (Lipinski definition) is 0. The van der Waals surface area contributed by atoms with Crippen molar-refractivity contribution in [2.75, 3.05) is 32.7 Å². The highest BCUT2D eigenvalue weighted by Gasteiger charge is 2.34. The standard InChI is InChI=1S/C17H32N2O/c1-16(2,3)19-12-10-18(11-13-19)14-17(15-20)8-6-4-5-7-9-17/h15H,4-14H2,1-3H3. The molecule has 116 valence electrons. The zero-order chi connectivity index (χ0) is 14.6. The number of aldehydes is 1. The molecule has 0 aromatic heterocycles. The molecule has 1 aliphatic heterocycles. The van der Waals surface area contributed by atoms with E-state index in [1.807, 2.05) is 0 Å². The second-order valence-electron chi connectivity index (χ2n) is 7.83. The predicted octanol–water partition coefficient (Wildman–Crippen LogP) is 2.94. The molecule has 0 N–H and O–H groups in total. The summed E-state index contributed by atoms with van der Waals surface area (Å²) in [5.74, 6) is 0. The van der Waals surface area contributed by atoms with Crippen LogP contribution in [0.2, 0.25) is 0 Å². The maximum absolute atomic E-state index is 11.7. The highest BCUT2D eigenvalue weighted by atomic mass is 16.1. The number of carbonyl (C=O) groups excluding carboxylic acids is 1. The molecule has 0 radical (unpaired) electrons. The van der Waals surface area contributed by atoms with E-state index in [9.17, 15) is 4.79 Å². The molecule has 0 atom stereocenters. The number of rotatable bonds is 3. The number of hydrogen-bond acceptors (Lipinski definition) is 3. The molecule has 3 nitrogen and oxygen atoms in total. The SMILES string of the molecule is CC(C)(C)N1CCN(CC2(C=O)CCCCCC2)CC1. The summed E-state index contributed by atoms with van der Waals surface area (Å²) in [4.78, 5) is 16.8. The van der Waals surface area contributed by atoms with Crippen molar-refractivity contribution in [3.63, 3.8) is 0 Å². The number of carbonyl (C=O) groups is 1.